The van der Waals surface area contributed by atoms with E-state index in [2.05, 4.69) is 0 Å². The number of rotatable bonds is 3. The standard InChI is InChI=1S/C7H10N6O7.HNO3/c14-7-1-4-8(11(15)16)5(2-7)10(13(19)20)6(3-7)9(4)12(17)18;2-1(3)4/h4-6,14H,1-3H2;(H,2,3,4). The number of nitro groups is 3. The van der Waals surface area contributed by atoms with Crippen LogP contribution >= 0.6 is 0 Å². The lowest BCUT2D eigenvalue weighted by Crippen LogP contribution is -2.82. The smallest absolute Gasteiger partial charge is 0.291 e. The van der Waals surface area contributed by atoms with Gasteiger partial charge in [0.2, 0.25) is 18.5 Å². The molecule has 4 aliphatic rings. The number of aliphatic hydroxyl groups is 1. The van der Waals surface area contributed by atoms with E-state index in [1.165, 1.54) is 0 Å². The lowest BCUT2D eigenvalue weighted by molar-refractivity contribution is -0.821. The largest absolute Gasteiger partial charge is 0.389 e. The first kappa shape index (κ1) is 17.1. The van der Waals surface area contributed by atoms with Crippen LogP contribution in [0.15, 0.2) is 0 Å². The summed E-state index contributed by atoms with van der Waals surface area (Å²) in [6, 6.07) is 0. The molecule has 0 radical (unpaired) electrons. The summed E-state index contributed by atoms with van der Waals surface area (Å²) in [6.45, 7) is 0. The fourth-order valence-electron chi connectivity index (χ4n) is 3.44. The van der Waals surface area contributed by atoms with E-state index in [1.54, 1.807) is 0 Å². The first-order chi connectivity index (χ1) is 11.0. The number of hydrazine groups is 3. The van der Waals surface area contributed by atoms with Crippen LogP contribution in [0.3, 0.4) is 0 Å². The monoisotopic (exact) mass is 353 g/mol. The summed E-state index contributed by atoms with van der Waals surface area (Å²) >= 11 is 0. The van der Waals surface area contributed by atoms with E-state index in [4.69, 9.17) is 15.3 Å². The second-order valence-electron chi connectivity index (χ2n) is 5.37. The van der Waals surface area contributed by atoms with E-state index < -0.39 is 44.3 Å². The molecule has 0 saturated carbocycles. The van der Waals surface area contributed by atoms with E-state index in [0.717, 1.165) is 0 Å². The van der Waals surface area contributed by atoms with Gasteiger partial charge in [-0.1, -0.05) is 15.0 Å². The van der Waals surface area contributed by atoms with Gasteiger partial charge in [0.1, 0.15) is 0 Å². The summed E-state index contributed by atoms with van der Waals surface area (Å²) in [5, 5.41) is 55.9. The Morgan fingerprint density at radius 2 is 0.958 bits per heavy atom. The second kappa shape index (κ2) is 5.44. The normalized spacial score (nSPS) is 32.9. The van der Waals surface area contributed by atoms with Crippen molar-refractivity contribution in [3.8, 4) is 0 Å². The second-order valence-corrected chi connectivity index (χ2v) is 5.37. The quantitative estimate of drug-likeness (QED) is 0.415. The number of hydrogen-bond donors (Lipinski definition) is 2. The Bertz CT molecular complexity index is 513. The molecule has 2 N–H and O–H groups in total. The van der Waals surface area contributed by atoms with Gasteiger partial charge in [-0.3, -0.25) is 0 Å². The molecule has 4 bridgehead atoms. The highest BCUT2D eigenvalue weighted by Crippen LogP contribution is 2.48. The van der Waals surface area contributed by atoms with Gasteiger partial charge < -0.3 is 10.3 Å². The van der Waals surface area contributed by atoms with Gasteiger partial charge in [0, 0.05) is 19.3 Å². The average molecular weight is 353 g/mol. The zero-order chi connectivity index (χ0) is 18.4. The van der Waals surface area contributed by atoms with E-state index in [-0.39, 0.29) is 19.3 Å². The van der Waals surface area contributed by atoms with Crippen molar-refractivity contribution in [2.24, 2.45) is 0 Å². The molecule has 4 aliphatic heterocycles. The van der Waals surface area contributed by atoms with Crippen LogP contribution in [0.5, 0.6) is 0 Å². The molecule has 0 aliphatic carbocycles. The molecule has 4 saturated heterocycles. The van der Waals surface area contributed by atoms with Crippen LogP contribution in [0, 0.1) is 40.5 Å². The summed E-state index contributed by atoms with van der Waals surface area (Å²) in [4.78, 5) is 41.6. The Morgan fingerprint density at radius 1 is 0.750 bits per heavy atom. The Balaban J connectivity index is 0.000000471. The molecular formula is C7H11N7O10. The zero-order valence-corrected chi connectivity index (χ0v) is 11.6. The van der Waals surface area contributed by atoms with Gasteiger partial charge in [-0.05, 0) is 0 Å². The topological polar surface area (TPSA) is 223 Å². The average Bonchev–Trinajstić information content (AvgIpc) is 2.34. The van der Waals surface area contributed by atoms with Crippen molar-refractivity contribution in [2.75, 3.05) is 0 Å². The van der Waals surface area contributed by atoms with Crippen molar-refractivity contribution in [1.29, 1.82) is 0 Å². The van der Waals surface area contributed by atoms with Crippen LogP contribution in [0.2, 0.25) is 0 Å². The van der Waals surface area contributed by atoms with Gasteiger partial charge in [0.05, 0.1) is 5.60 Å². The predicted molar refractivity (Wildman–Crippen MR) is 65.4 cm³/mol. The summed E-state index contributed by atoms with van der Waals surface area (Å²) < 4.78 is 0. The molecule has 4 rings (SSSR count). The molecule has 0 aromatic heterocycles. The highest BCUT2D eigenvalue weighted by Gasteiger charge is 2.72. The van der Waals surface area contributed by atoms with Crippen LogP contribution in [-0.2, 0) is 0 Å². The van der Waals surface area contributed by atoms with E-state index in [0.29, 0.717) is 15.0 Å². The predicted octanol–water partition coefficient (Wildman–Crippen LogP) is -1.96. The molecule has 17 heteroatoms. The van der Waals surface area contributed by atoms with Gasteiger partial charge in [0.25, 0.3) is 5.09 Å². The minimum absolute atomic E-state index is 0.187. The maximum absolute atomic E-state index is 11.1. The number of piperidine rings is 3. The Labute approximate surface area is 130 Å². The third-order valence-corrected chi connectivity index (χ3v) is 4.09. The maximum atomic E-state index is 11.1. The van der Waals surface area contributed by atoms with Crippen molar-refractivity contribution in [3.63, 3.8) is 0 Å². The van der Waals surface area contributed by atoms with Gasteiger partial charge in [0.15, 0.2) is 15.1 Å². The SMILES string of the molecule is O=[N+]([O-])N1C2CC3(O)CC1N([N+](=O)[O-])C(C3)N2[N+](=O)[O-].O=[N+]([O-])O. The Kier molecular flexibility index (Phi) is 3.88. The molecule has 17 nitrogen and oxygen atoms in total. The molecule has 0 aromatic rings. The fourth-order valence-corrected chi connectivity index (χ4v) is 3.44. The van der Waals surface area contributed by atoms with Gasteiger partial charge in [-0.15, -0.1) is 10.1 Å². The Morgan fingerprint density at radius 3 is 1.12 bits per heavy atom. The fraction of sp³-hybridized carbons (Fsp3) is 1.00. The molecule has 4 fully saturated rings. The first-order valence-corrected chi connectivity index (χ1v) is 6.32. The highest BCUT2D eigenvalue weighted by molar-refractivity contribution is 5.04. The Hall–Kier alpha value is -3.24. The highest BCUT2D eigenvalue weighted by atomic mass is 16.9. The molecule has 0 amide bonds. The van der Waals surface area contributed by atoms with Crippen molar-refractivity contribution in [1.82, 2.24) is 15.0 Å². The number of hydrogen-bond acceptors (Lipinski definition) is 9. The van der Waals surface area contributed by atoms with Crippen LogP contribution in [0.1, 0.15) is 19.3 Å². The molecule has 24 heavy (non-hydrogen) atoms. The molecule has 0 atom stereocenters. The first-order valence-electron chi connectivity index (χ1n) is 6.32. The van der Waals surface area contributed by atoms with Crippen LogP contribution < -0.4 is 0 Å². The minimum Gasteiger partial charge on any atom is -0.389 e. The van der Waals surface area contributed by atoms with E-state index in [1.807, 2.05) is 0 Å². The lowest BCUT2D eigenvalue weighted by atomic mass is 9.77. The zero-order valence-electron chi connectivity index (χ0n) is 11.6. The van der Waals surface area contributed by atoms with Gasteiger partial charge in [-0.25, -0.2) is 30.3 Å². The van der Waals surface area contributed by atoms with Crippen LogP contribution in [-0.4, -0.2) is 69.6 Å². The van der Waals surface area contributed by atoms with Crippen molar-refractivity contribution in [3.05, 3.63) is 40.5 Å². The van der Waals surface area contributed by atoms with Crippen molar-refractivity contribution in [2.45, 2.75) is 43.4 Å². The van der Waals surface area contributed by atoms with Gasteiger partial charge >= 0.3 is 0 Å². The third-order valence-electron chi connectivity index (χ3n) is 4.09. The summed E-state index contributed by atoms with van der Waals surface area (Å²) in [7, 11) is 0. The van der Waals surface area contributed by atoms with Crippen molar-refractivity contribution < 1.29 is 30.5 Å². The molecule has 4 heterocycles. The van der Waals surface area contributed by atoms with Crippen molar-refractivity contribution >= 4 is 0 Å². The number of nitrogens with zero attached hydrogens (tertiary/aromatic N) is 7. The van der Waals surface area contributed by atoms with E-state index in [9.17, 15) is 35.4 Å². The molecular weight excluding hydrogens is 342 g/mol. The summed E-state index contributed by atoms with van der Waals surface area (Å²) in [5.74, 6) is 0. The summed E-state index contributed by atoms with van der Waals surface area (Å²) in [5.41, 5.74) is -1.34. The molecule has 0 spiro atoms. The van der Waals surface area contributed by atoms with E-state index >= 15 is 0 Å². The maximum Gasteiger partial charge on any atom is 0.291 e. The van der Waals surface area contributed by atoms with Crippen LogP contribution in [0.25, 0.3) is 0 Å². The molecule has 0 aromatic carbocycles. The van der Waals surface area contributed by atoms with Crippen LogP contribution in [0.4, 0.5) is 0 Å². The third kappa shape index (κ3) is 2.59. The molecule has 134 valence electrons. The minimum atomic E-state index is -1.50. The lowest BCUT2D eigenvalue weighted by Gasteiger charge is -2.57. The molecule has 0 unspecified atom stereocenters. The van der Waals surface area contributed by atoms with Gasteiger partial charge in [-0.2, -0.15) is 0 Å². The summed E-state index contributed by atoms with van der Waals surface area (Å²) in [6.07, 6.45) is -4.44.